The molecule has 1 aromatic heterocycles. The van der Waals surface area contributed by atoms with Crippen LogP contribution in [0, 0.1) is 0 Å². The van der Waals surface area contributed by atoms with Gasteiger partial charge in [0.2, 0.25) is 11.8 Å². The lowest BCUT2D eigenvalue weighted by molar-refractivity contribution is -0.134. The molecule has 1 aliphatic carbocycles. The smallest absolute Gasteiger partial charge is 0.325 e. The number of nitrogens with zero attached hydrogens (tertiary/aromatic N) is 3. The molecule has 3 heterocycles. The van der Waals surface area contributed by atoms with Crippen molar-refractivity contribution >= 4 is 23.5 Å². The highest BCUT2D eigenvalue weighted by molar-refractivity contribution is 6.10. The molecule has 1 saturated carbocycles. The van der Waals surface area contributed by atoms with E-state index in [0.717, 1.165) is 17.7 Å². The van der Waals surface area contributed by atoms with Crippen LogP contribution in [0.15, 0.2) is 18.3 Å². The zero-order valence-electron chi connectivity index (χ0n) is 14.0. The Morgan fingerprint density at radius 1 is 1.40 bits per heavy atom. The summed E-state index contributed by atoms with van der Waals surface area (Å²) in [5.74, 6) is -0.210. The number of pyridine rings is 1. The zero-order valence-corrected chi connectivity index (χ0v) is 14.0. The average Bonchev–Trinajstić information content (AvgIpc) is 3.15. The van der Waals surface area contributed by atoms with E-state index in [0.29, 0.717) is 31.0 Å². The van der Waals surface area contributed by atoms with E-state index in [1.807, 2.05) is 6.92 Å². The molecule has 1 saturated heterocycles. The number of fused-ring (bicyclic) bond motifs is 1. The molecule has 1 atom stereocenters. The number of ether oxygens (including phenoxy) is 1. The molecule has 1 N–H and O–H groups in total. The summed E-state index contributed by atoms with van der Waals surface area (Å²) in [4.78, 5) is 44.5. The molecular weight excluding hydrogens is 324 g/mol. The predicted octanol–water partition coefficient (Wildman–Crippen LogP) is 1.06. The van der Waals surface area contributed by atoms with Gasteiger partial charge < -0.3 is 15.0 Å². The zero-order chi connectivity index (χ0) is 17.6. The molecule has 25 heavy (non-hydrogen) atoms. The van der Waals surface area contributed by atoms with Gasteiger partial charge in [-0.25, -0.2) is 9.78 Å². The molecule has 3 aliphatic rings. The van der Waals surface area contributed by atoms with Gasteiger partial charge in [0, 0.05) is 6.20 Å². The number of nitrogens with one attached hydrogen (secondary N) is 1. The normalized spacial score (nSPS) is 24.3. The Morgan fingerprint density at radius 3 is 2.92 bits per heavy atom. The second-order valence-corrected chi connectivity index (χ2v) is 6.87. The summed E-state index contributed by atoms with van der Waals surface area (Å²) >= 11 is 0. The summed E-state index contributed by atoms with van der Waals surface area (Å²) < 4.78 is 5.64. The number of imide groups is 1. The third kappa shape index (κ3) is 2.52. The van der Waals surface area contributed by atoms with E-state index in [1.54, 1.807) is 18.3 Å². The van der Waals surface area contributed by atoms with Crippen LogP contribution < -0.4 is 15.0 Å². The highest BCUT2D eigenvalue weighted by Gasteiger charge is 2.53. The summed E-state index contributed by atoms with van der Waals surface area (Å²) in [6.07, 6.45) is 4.49. The molecule has 2 fully saturated rings. The summed E-state index contributed by atoms with van der Waals surface area (Å²) in [6.45, 7) is 1.93. The number of amides is 4. The second-order valence-electron chi connectivity index (χ2n) is 6.87. The molecule has 0 radical (unpaired) electrons. The van der Waals surface area contributed by atoms with Gasteiger partial charge in [-0.3, -0.25) is 14.5 Å². The quantitative estimate of drug-likeness (QED) is 0.810. The molecule has 0 aromatic carbocycles. The van der Waals surface area contributed by atoms with E-state index in [4.69, 9.17) is 4.74 Å². The van der Waals surface area contributed by atoms with Crippen molar-refractivity contribution in [1.82, 2.24) is 15.2 Å². The van der Waals surface area contributed by atoms with Crippen LogP contribution in [-0.2, 0) is 9.59 Å². The monoisotopic (exact) mass is 344 g/mol. The molecule has 2 aliphatic heterocycles. The van der Waals surface area contributed by atoms with Crippen LogP contribution in [-0.4, -0.2) is 52.5 Å². The van der Waals surface area contributed by atoms with Crippen LogP contribution >= 0.6 is 0 Å². The first kappa shape index (κ1) is 15.9. The van der Waals surface area contributed by atoms with Gasteiger partial charge in [-0.05, 0) is 31.9 Å². The first-order chi connectivity index (χ1) is 12.0. The third-order valence-corrected chi connectivity index (χ3v) is 5.09. The Hall–Kier alpha value is -2.64. The topological polar surface area (TPSA) is 91.8 Å². The van der Waals surface area contributed by atoms with Crippen molar-refractivity contribution in [3.8, 4) is 5.88 Å². The van der Waals surface area contributed by atoms with E-state index in [9.17, 15) is 14.4 Å². The van der Waals surface area contributed by atoms with Crippen LogP contribution in [0.25, 0.3) is 0 Å². The lowest BCUT2D eigenvalue weighted by Crippen LogP contribution is -2.49. The number of anilines is 1. The average molecular weight is 344 g/mol. The first-order valence-electron chi connectivity index (χ1n) is 8.56. The maximum Gasteiger partial charge on any atom is 0.325 e. The van der Waals surface area contributed by atoms with Crippen molar-refractivity contribution in [2.24, 2.45) is 0 Å². The number of carbonyl (C=O) groups is 3. The number of urea groups is 1. The number of carbonyl (C=O) groups excluding carboxylic acids is 3. The van der Waals surface area contributed by atoms with Crippen molar-refractivity contribution in [1.29, 1.82) is 0 Å². The maximum absolute atomic E-state index is 12.8. The van der Waals surface area contributed by atoms with Crippen molar-refractivity contribution in [2.75, 3.05) is 18.0 Å². The second kappa shape index (κ2) is 5.72. The van der Waals surface area contributed by atoms with Crippen LogP contribution in [0.3, 0.4) is 0 Å². The Kier molecular flexibility index (Phi) is 3.63. The Labute approximate surface area is 145 Å². The van der Waals surface area contributed by atoms with Crippen LogP contribution in [0.4, 0.5) is 10.5 Å². The van der Waals surface area contributed by atoms with Crippen molar-refractivity contribution in [2.45, 2.75) is 44.2 Å². The van der Waals surface area contributed by atoms with Gasteiger partial charge in [0.05, 0.1) is 6.54 Å². The minimum absolute atomic E-state index is 0.212. The standard InChI is InChI=1S/C17H20N4O4/c1-11-9-20(12-5-4-8-18-14(12)25-11)13(22)10-21-15(23)17(19-16(21)24)6-2-3-7-17/h4-5,8,11H,2-3,6-7,9-10H2,1H3,(H,19,24). The molecule has 1 unspecified atom stereocenters. The Morgan fingerprint density at radius 2 is 2.16 bits per heavy atom. The fourth-order valence-corrected chi connectivity index (χ4v) is 3.86. The molecule has 132 valence electrons. The van der Waals surface area contributed by atoms with Crippen LogP contribution in [0.2, 0.25) is 0 Å². The van der Waals surface area contributed by atoms with Gasteiger partial charge in [0.25, 0.3) is 5.91 Å². The van der Waals surface area contributed by atoms with Gasteiger partial charge in [-0.2, -0.15) is 0 Å². The molecule has 8 heteroatoms. The van der Waals surface area contributed by atoms with Gasteiger partial charge >= 0.3 is 6.03 Å². The fraction of sp³-hybridized carbons (Fsp3) is 0.529. The Balaban J connectivity index is 1.55. The first-order valence-corrected chi connectivity index (χ1v) is 8.56. The summed E-state index contributed by atoms with van der Waals surface area (Å²) in [7, 11) is 0. The molecule has 8 nitrogen and oxygen atoms in total. The SMILES string of the molecule is CC1CN(C(=O)CN2C(=O)NC3(CCCC3)C2=O)c2cccnc2O1. The Bertz CT molecular complexity index is 744. The van der Waals surface area contributed by atoms with Crippen molar-refractivity contribution in [3.63, 3.8) is 0 Å². The molecule has 4 rings (SSSR count). The minimum Gasteiger partial charge on any atom is -0.471 e. The predicted molar refractivity (Wildman–Crippen MR) is 88.1 cm³/mol. The minimum atomic E-state index is -0.797. The van der Waals surface area contributed by atoms with Crippen molar-refractivity contribution < 1.29 is 19.1 Å². The van der Waals surface area contributed by atoms with E-state index in [2.05, 4.69) is 10.3 Å². The lowest BCUT2D eigenvalue weighted by atomic mass is 9.98. The van der Waals surface area contributed by atoms with Gasteiger partial charge in [0.1, 0.15) is 23.9 Å². The number of hydrogen-bond donors (Lipinski definition) is 1. The summed E-state index contributed by atoms with van der Waals surface area (Å²) in [5, 5.41) is 2.79. The van der Waals surface area contributed by atoms with E-state index in [1.165, 1.54) is 4.90 Å². The number of hydrogen-bond acceptors (Lipinski definition) is 5. The van der Waals surface area contributed by atoms with E-state index in [-0.39, 0.29) is 24.5 Å². The van der Waals surface area contributed by atoms with Crippen LogP contribution in [0.5, 0.6) is 5.88 Å². The van der Waals surface area contributed by atoms with E-state index < -0.39 is 11.6 Å². The fourth-order valence-electron chi connectivity index (χ4n) is 3.86. The van der Waals surface area contributed by atoms with E-state index >= 15 is 0 Å². The molecule has 1 spiro atoms. The molecule has 4 amide bonds. The maximum atomic E-state index is 12.8. The highest BCUT2D eigenvalue weighted by atomic mass is 16.5. The van der Waals surface area contributed by atoms with Gasteiger partial charge in [-0.15, -0.1) is 0 Å². The summed E-state index contributed by atoms with van der Waals surface area (Å²) in [5.41, 5.74) is -0.233. The van der Waals surface area contributed by atoms with Crippen LogP contribution in [0.1, 0.15) is 32.6 Å². The highest BCUT2D eigenvalue weighted by Crippen LogP contribution is 2.35. The molecular formula is C17H20N4O4. The van der Waals surface area contributed by atoms with Gasteiger partial charge in [-0.1, -0.05) is 12.8 Å². The lowest BCUT2D eigenvalue weighted by Gasteiger charge is -2.33. The summed E-state index contributed by atoms with van der Waals surface area (Å²) in [6, 6.07) is 2.99. The van der Waals surface area contributed by atoms with Gasteiger partial charge in [0.15, 0.2) is 0 Å². The van der Waals surface area contributed by atoms with Crippen molar-refractivity contribution in [3.05, 3.63) is 18.3 Å². The largest absolute Gasteiger partial charge is 0.471 e. The molecule has 0 bridgehead atoms. The number of rotatable bonds is 2. The third-order valence-electron chi connectivity index (χ3n) is 5.09. The number of aromatic nitrogens is 1. The molecule has 1 aromatic rings.